The molecule has 0 spiro atoms. The van der Waals surface area contributed by atoms with E-state index in [0.29, 0.717) is 5.70 Å². The number of carbonyl (C=O) groups excluding carboxylic acids is 1. The van der Waals surface area contributed by atoms with Crippen LogP contribution in [0.15, 0.2) is 66.9 Å². The molecule has 1 amide bonds. The van der Waals surface area contributed by atoms with E-state index in [1.165, 1.54) is 16.4 Å². The van der Waals surface area contributed by atoms with Crippen molar-refractivity contribution in [3.05, 3.63) is 66.9 Å². The van der Waals surface area contributed by atoms with Crippen LogP contribution in [0.4, 0.5) is 5.69 Å². The molecule has 0 saturated carbocycles. The number of rotatable bonds is 5. The zero-order valence-corrected chi connectivity index (χ0v) is 18.9. The van der Waals surface area contributed by atoms with Gasteiger partial charge in [-0.15, -0.1) is 0 Å². The van der Waals surface area contributed by atoms with Gasteiger partial charge in [0.05, 0.1) is 0 Å². The van der Waals surface area contributed by atoms with Crippen molar-refractivity contribution >= 4 is 33.4 Å². The Labute approximate surface area is 175 Å². The van der Waals surface area contributed by atoms with Gasteiger partial charge in [-0.1, -0.05) is 58.5 Å². The quantitative estimate of drug-likeness (QED) is 0.400. The number of hydrogen-bond donors (Lipinski definition) is 1. The van der Waals surface area contributed by atoms with Crippen LogP contribution in [0, 0.1) is 0 Å². The maximum Gasteiger partial charge on any atom is 0.271 e. The molecule has 1 aromatic heterocycles. The lowest BCUT2D eigenvalue weighted by molar-refractivity contribution is -0.114. The third-order valence-electron chi connectivity index (χ3n) is 4.34. The van der Waals surface area contributed by atoms with Crippen LogP contribution in [-0.2, 0) is 11.3 Å². The van der Waals surface area contributed by atoms with Gasteiger partial charge in [0, 0.05) is 48.1 Å². The molecule has 2 aromatic carbocycles. The van der Waals surface area contributed by atoms with Gasteiger partial charge in [0.15, 0.2) is 0 Å². The SMILES string of the molecule is C=C/C=C(/C(=O)Nc1ccc2c(c1)c1ccccc1n2CC)N(C)C.CC.CC. The molecule has 0 aliphatic heterocycles. The van der Waals surface area contributed by atoms with Crippen molar-refractivity contribution < 1.29 is 4.79 Å². The molecule has 0 saturated heterocycles. The lowest BCUT2D eigenvalue weighted by Crippen LogP contribution is -2.24. The van der Waals surface area contributed by atoms with Gasteiger partial charge in [0.25, 0.3) is 5.91 Å². The van der Waals surface area contributed by atoms with Gasteiger partial charge in [-0.05, 0) is 37.3 Å². The highest BCUT2D eigenvalue weighted by molar-refractivity contribution is 6.11. The summed E-state index contributed by atoms with van der Waals surface area (Å²) in [5.74, 6) is -0.150. The van der Waals surface area contributed by atoms with Gasteiger partial charge in [0.2, 0.25) is 0 Å². The van der Waals surface area contributed by atoms with Gasteiger partial charge in [-0.3, -0.25) is 4.79 Å². The average molecular weight is 394 g/mol. The second kappa shape index (κ2) is 11.7. The van der Waals surface area contributed by atoms with Crippen molar-refractivity contribution in [1.82, 2.24) is 9.47 Å². The summed E-state index contributed by atoms with van der Waals surface area (Å²) in [6.45, 7) is 14.7. The largest absolute Gasteiger partial charge is 0.373 e. The van der Waals surface area contributed by atoms with Crippen LogP contribution in [0.2, 0.25) is 0 Å². The predicted molar refractivity (Wildman–Crippen MR) is 128 cm³/mol. The van der Waals surface area contributed by atoms with Crippen molar-refractivity contribution in [3.8, 4) is 0 Å². The Kier molecular flexibility index (Phi) is 9.73. The minimum atomic E-state index is -0.150. The fraction of sp³-hybridized carbons (Fsp3) is 0.320. The Morgan fingerprint density at radius 2 is 1.66 bits per heavy atom. The average Bonchev–Trinajstić information content (AvgIpc) is 3.07. The van der Waals surface area contributed by atoms with E-state index in [9.17, 15) is 4.79 Å². The van der Waals surface area contributed by atoms with Crippen LogP contribution in [0.25, 0.3) is 21.8 Å². The predicted octanol–water partition coefficient (Wildman–Crippen LogP) is 6.44. The summed E-state index contributed by atoms with van der Waals surface area (Å²) in [6.07, 6.45) is 3.32. The molecule has 4 heteroatoms. The van der Waals surface area contributed by atoms with Crippen molar-refractivity contribution in [3.63, 3.8) is 0 Å². The number of benzene rings is 2. The van der Waals surface area contributed by atoms with E-state index in [1.54, 1.807) is 17.1 Å². The Morgan fingerprint density at radius 1 is 1.03 bits per heavy atom. The van der Waals surface area contributed by atoms with E-state index in [0.717, 1.165) is 17.6 Å². The highest BCUT2D eigenvalue weighted by Crippen LogP contribution is 2.31. The number of nitrogens with zero attached hydrogens (tertiary/aromatic N) is 2. The van der Waals surface area contributed by atoms with E-state index in [1.807, 2.05) is 60.0 Å². The molecule has 4 nitrogen and oxygen atoms in total. The third-order valence-corrected chi connectivity index (χ3v) is 4.34. The first-order valence-electron chi connectivity index (χ1n) is 10.4. The summed E-state index contributed by atoms with van der Waals surface area (Å²) >= 11 is 0. The summed E-state index contributed by atoms with van der Waals surface area (Å²) in [5, 5.41) is 5.33. The van der Waals surface area contributed by atoms with E-state index in [-0.39, 0.29) is 5.91 Å². The number of aryl methyl sites for hydroxylation is 1. The van der Waals surface area contributed by atoms with Gasteiger partial charge in [-0.25, -0.2) is 0 Å². The molecule has 0 aliphatic rings. The van der Waals surface area contributed by atoms with Gasteiger partial charge >= 0.3 is 0 Å². The molecule has 0 fully saturated rings. The number of anilines is 1. The molecule has 0 unspecified atom stereocenters. The molecule has 0 atom stereocenters. The molecular formula is C25H35N3O. The normalized spacial score (nSPS) is 10.5. The van der Waals surface area contributed by atoms with Crippen LogP contribution in [0.5, 0.6) is 0 Å². The van der Waals surface area contributed by atoms with Crippen molar-refractivity contribution in [2.24, 2.45) is 0 Å². The summed E-state index contributed by atoms with van der Waals surface area (Å²) in [4.78, 5) is 14.3. The van der Waals surface area contributed by atoms with Crippen LogP contribution >= 0.6 is 0 Å². The molecule has 3 rings (SSSR count). The first kappa shape index (κ1) is 24.0. The summed E-state index contributed by atoms with van der Waals surface area (Å²) < 4.78 is 2.29. The molecule has 0 aliphatic carbocycles. The molecule has 29 heavy (non-hydrogen) atoms. The van der Waals surface area contributed by atoms with Crippen LogP contribution in [-0.4, -0.2) is 29.5 Å². The molecule has 1 N–H and O–H groups in total. The molecule has 1 heterocycles. The monoisotopic (exact) mass is 393 g/mol. The number of para-hydroxylation sites is 1. The number of amides is 1. The number of nitrogens with one attached hydrogen (secondary N) is 1. The lowest BCUT2D eigenvalue weighted by Gasteiger charge is -2.16. The zero-order valence-electron chi connectivity index (χ0n) is 18.9. The van der Waals surface area contributed by atoms with Crippen molar-refractivity contribution in [2.75, 3.05) is 19.4 Å². The number of carbonyl (C=O) groups is 1. The van der Waals surface area contributed by atoms with Crippen LogP contribution in [0.3, 0.4) is 0 Å². The highest BCUT2D eigenvalue weighted by Gasteiger charge is 2.13. The number of aromatic nitrogens is 1. The summed E-state index contributed by atoms with van der Waals surface area (Å²) in [6, 6.07) is 14.4. The Balaban J connectivity index is 0.000000989. The second-order valence-corrected chi connectivity index (χ2v) is 6.13. The van der Waals surface area contributed by atoms with Gasteiger partial charge in [0.1, 0.15) is 5.70 Å². The molecule has 156 valence electrons. The van der Waals surface area contributed by atoms with E-state index in [2.05, 4.69) is 47.7 Å². The van der Waals surface area contributed by atoms with E-state index in [4.69, 9.17) is 0 Å². The Bertz CT molecular complexity index is 980. The lowest BCUT2D eigenvalue weighted by atomic mass is 10.1. The first-order chi connectivity index (χ1) is 14.1. The summed E-state index contributed by atoms with van der Waals surface area (Å²) in [7, 11) is 3.68. The number of allylic oxidation sites excluding steroid dienone is 2. The second-order valence-electron chi connectivity index (χ2n) is 6.13. The minimum Gasteiger partial charge on any atom is -0.373 e. The topological polar surface area (TPSA) is 37.3 Å². The van der Waals surface area contributed by atoms with Crippen LogP contribution < -0.4 is 5.32 Å². The Morgan fingerprint density at radius 3 is 2.24 bits per heavy atom. The molecule has 0 radical (unpaired) electrons. The van der Waals surface area contributed by atoms with Gasteiger partial charge < -0.3 is 14.8 Å². The van der Waals surface area contributed by atoms with Crippen molar-refractivity contribution in [2.45, 2.75) is 41.2 Å². The molecular weight excluding hydrogens is 358 g/mol. The van der Waals surface area contributed by atoms with Crippen molar-refractivity contribution in [1.29, 1.82) is 0 Å². The van der Waals surface area contributed by atoms with Crippen LogP contribution in [0.1, 0.15) is 34.6 Å². The van der Waals surface area contributed by atoms with E-state index >= 15 is 0 Å². The smallest absolute Gasteiger partial charge is 0.271 e. The fourth-order valence-corrected chi connectivity index (χ4v) is 3.21. The number of likely N-dealkylation sites (N-methyl/N-ethyl adjacent to an activating group) is 1. The standard InChI is InChI=1S/C21H23N3O.2C2H6/c1-5-9-20(23(3)4)21(25)22-15-12-13-19-17(14-15)16-10-7-8-11-18(16)24(19)6-2;2*1-2/h5,7-14H,1,6H2,2-4H3,(H,22,25);2*1-2H3/b20-9-;;. The third kappa shape index (κ3) is 5.29. The number of hydrogen-bond acceptors (Lipinski definition) is 2. The van der Waals surface area contributed by atoms with Gasteiger partial charge in [-0.2, -0.15) is 0 Å². The molecule has 3 aromatic rings. The molecule has 0 bridgehead atoms. The minimum absolute atomic E-state index is 0.150. The van der Waals surface area contributed by atoms with E-state index < -0.39 is 0 Å². The fourth-order valence-electron chi connectivity index (χ4n) is 3.21. The number of fused-ring (bicyclic) bond motifs is 3. The maximum absolute atomic E-state index is 12.5. The summed E-state index contributed by atoms with van der Waals surface area (Å²) in [5.41, 5.74) is 3.74. The highest BCUT2D eigenvalue weighted by atomic mass is 16.2. The first-order valence-corrected chi connectivity index (χ1v) is 10.4. The Hall–Kier alpha value is -3.01. The maximum atomic E-state index is 12.5. The zero-order chi connectivity index (χ0) is 22.0.